The van der Waals surface area contributed by atoms with E-state index < -0.39 is 16.8 Å². The maximum absolute atomic E-state index is 11.1. The van der Waals surface area contributed by atoms with Crippen LogP contribution in [0.25, 0.3) is 0 Å². The molecule has 0 spiro atoms. The van der Waals surface area contributed by atoms with Gasteiger partial charge in [-0.05, 0) is 19.9 Å². The lowest BCUT2D eigenvalue weighted by molar-refractivity contribution is -0.138. The van der Waals surface area contributed by atoms with Gasteiger partial charge in [0.15, 0.2) is 6.04 Å². The number of thioether (sulfide) groups is 1. The normalized spacial score (nSPS) is 21.7. The third-order valence-corrected chi connectivity index (χ3v) is 4.11. The van der Waals surface area contributed by atoms with E-state index in [2.05, 4.69) is 4.99 Å². The van der Waals surface area contributed by atoms with E-state index in [0.29, 0.717) is 6.42 Å². The molecule has 0 saturated heterocycles. The van der Waals surface area contributed by atoms with Gasteiger partial charge in [0.2, 0.25) is 0 Å². The summed E-state index contributed by atoms with van der Waals surface area (Å²) in [6.45, 7) is 3.75. The quantitative estimate of drug-likeness (QED) is 0.880. The Morgan fingerprint density at radius 3 is 2.67 bits per heavy atom. The molecule has 96 valence electrons. The second kappa shape index (κ2) is 4.65. The van der Waals surface area contributed by atoms with Gasteiger partial charge in [-0.15, -0.1) is 11.8 Å². The number of nitrogens with zero attached hydrogens (tertiary/aromatic N) is 1. The SMILES string of the molecule is CC1(C)SC(Cc2ccccc2O)=NC1C(=O)O. The average Bonchev–Trinajstić information content (AvgIpc) is 2.57. The van der Waals surface area contributed by atoms with Crippen molar-refractivity contribution in [2.45, 2.75) is 31.1 Å². The van der Waals surface area contributed by atoms with Crippen molar-refractivity contribution in [1.29, 1.82) is 0 Å². The van der Waals surface area contributed by atoms with Gasteiger partial charge in [0, 0.05) is 16.7 Å². The standard InChI is InChI=1S/C13H15NO3S/c1-13(2)11(12(16)17)14-10(18-13)7-8-5-3-4-6-9(8)15/h3-6,11,15H,7H2,1-2H3,(H,16,17). The zero-order chi connectivity index (χ0) is 13.3. The first-order valence-corrected chi connectivity index (χ1v) is 6.47. The van der Waals surface area contributed by atoms with Crippen LogP contribution in [0.5, 0.6) is 5.75 Å². The molecule has 4 nitrogen and oxygen atoms in total. The number of phenolic OH excluding ortho intramolecular Hbond substituents is 1. The van der Waals surface area contributed by atoms with E-state index in [-0.39, 0.29) is 5.75 Å². The topological polar surface area (TPSA) is 69.9 Å². The fraction of sp³-hybridized carbons (Fsp3) is 0.385. The maximum Gasteiger partial charge on any atom is 0.329 e. The second-order valence-electron chi connectivity index (χ2n) is 4.77. The Bertz CT molecular complexity index is 511. The van der Waals surface area contributed by atoms with E-state index in [1.807, 2.05) is 26.0 Å². The molecule has 1 aromatic carbocycles. The summed E-state index contributed by atoms with van der Waals surface area (Å²) >= 11 is 1.47. The minimum Gasteiger partial charge on any atom is -0.508 e. The van der Waals surface area contributed by atoms with Gasteiger partial charge in [-0.3, -0.25) is 4.99 Å². The number of aromatic hydroxyl groups is 1. The number of rotatable bonds is 3. The van der Waals surface area contributed by atoms with Gasteiger partial charge in [-0.2, -0.15) is 0 Å². The van der Waals surface area contributed by atoms with Crippen LogP contribution in [0.3, 0.4) is 0 Å². The molecule has 1 heterocycles. The molecule has 0 bridgehead atoms. The molecular weight excluding hydrogens is 250 g/mol. The zero-order valence-corrected chi connectivity index (χ0v) is 11.1. The van der Waals surface area contributed by atoms with Gasteiger partial charge < -0.3 is 10.2 Å². The highest BCUT2D eigenvalue weighted by molar-refractivity contribution is 8.15. The smallest absolute Gasteiger partial charge is 0.329 e. The monoisotopic (exact) mass is 265 g/mol. The second-order valence-corrected chi connectivity index (χ2v) is 6.50. The van der Waals surface area contributed by atoms with Gasteiger partial charge in [-0.1, -0.05) is 18.2 Å². The van der Waals surface area contributed by atoms with Gasteiger partial charge in [-0.25, -0.2) is 4.79 Å². The van der Waals surface area contributed by atoms with Gasteiger partial charge in [0.05, 0.1) is 5.04 Å². The fourth-order valence-electron chi connectivity index (χ4n) is 1.94. The molecule has 1 aliphatic rings. The van der Waals surface area contributed by atoms with Crippen molar-refractivity contribution in [2.24, 2.45) is 4.99 Å². The lowest BCUT2D eigenvalue weighted by atomic mass is 10.0. The maximum atomic E-state index is 11.1. The summed E-state index contributed by atoms with van der Waals surface area (Å²) in [5, 5.41) is 19.6. The van der Waals surface area contributed by atoms with Crippen LogP contribution in [0.15, 0.2) is 29.3 Å². The number of carboxylic acids is 1. The fourth-order valence-corrected chi connectivity index (χ4v) is 3.20. The van der Waals surface area contributed by atoms with Crippen molar-refractivity contribution in [3.05, 3.63) is 29.8 Å². The number of phenols is 1. The van der Waals surface area contributed by atoms with Crippen LogP contribution in [-0.2, 0) is 11.2 Å². The predicted molar refractivity (Wildman–Crippen MR) is 72.3 cm³/mol. The molecule has 1 atom stereocenters. The summed E-state index contributed by atoms with van der Waals surface area (Å²) in [7, 11) is 0. The van der Waals surface area contributed by atoms with E-state index in [4.69, 9.17) is 5.11 Å². The number of hydrogen-bond acceptors (Lipinski definition) is 4. The Labute approximate surface area is 110 Å². The van der Waals surface area contributed by atoms with Crippen LogP contribution in [0, 0.1) is 0 Å². The molecule has 0 aromatic heterocycles. The summed E-state index contributed by atoms with van der Waals surface area (Å²) in [6, 6.07) is 6.32. The van der Waals surface area contributed by atoms with Crippen molar-refractivity contribution in [2.75, 3.05) is 0 Å². The van der Waals surface area contributed by atoms with Crippen LogP contribution in [-0.4, -0.2) is 32.0 Å². The van der Waals surface area contributed by atoms with E-state index in [0.717, 1.165) is 10.6 Å². The van der Waals surface area contributed by atoms with E-state index in [1.165, 1.54) is 11.8 Å². The van der Waals surface area contributed by atoms with Crippen LogP contribution >= 0.6 is 11.8 Å². The summed E-state index contributed by atoms with van der Waals surface area (Å²) in [6.07, 6.45) is 0.477. The first-order chi connectivity index (χ1) is 8.40. The highest BCUT2D eigenvalue weighted by atomic mass is 32.2. The molecule has 0 radical (unpaired) electrons. The van der Waals surface area contributed by atoms with Crippen LogP contribution in [0.1, 0.15) is 19.4 Å². The lowest BCUT2D eigenvalue weighted by Gasteiger charge is -2.20. The lowest BCUT2D eigenvalue weighted by Crippen LogP contribution is -2.34. The number of benzene rings is 1. The summed E-state index contributed by atoms with van der Waals surface area (Å²) in [4.78, 5) is 15.4. The van der Waals surface area contributed by atoms with E-state index in [9.17, 15) is 9.90 Å². The van der Waals surface area contributed by atoms with Gasteiger partial charge >= 0.3 is 5.97 Å². The van der Waals surface area contributed by atoms with Crippen molar-refractivity contribution in [1.82, 2.24) is 0 Å². The zero-order valence-electron chi connectivity index (χ0n) is 10.3. The van der Waals surface area contributed by atoms with Gasteiger partial charge in [0.25, 0.3) is 0 Å². The third-order valence-electron chi connectivity index (χ3n) is 2.88. The molecule has 1 aromatic rings. The predicted octanol–water partition coefficient (Wildman–Crippen LogP) is 2.31. The molecule has 1 unspecified atom stereocenters. The molecule has 0 aliphatic carbocycles. The van der Waals surface area contributed by atoms with E-state index >= 15 is 0 Å². The molecular formula is C13H15NO3S. The number of hydrogen-bond donors (Lipinski definition) is 2. The molecule has 2 rings (SSSR count). The number of carbonyl (C=O) groups is 1. The summed E-state index contributed by atoms with van der Waals surface area (Å²) < 4.78 is -0.439. The summed E-state index contributed by atoms with van der Waals surface area (Å²) in [5.74, 6) is -0.683. The Hall–Kier alpha value is -1.49. The molecule has 18 heavy (non-hydrogen) atoms. The minimum absolute atomic E-state index is 0.220. The molecule has 2 N–H and O–H groups in total. The minimum atomic E-state index is -0.903. The molecule has 1 aliphatic heterocycles. The van der Waals surface area contributed by atoms with Crippen molar-refractivity contribution < 1.29 is 15.0 Å². The Balaban J connectivity index is 2.20. The van der Waals surface area contributed by atoms with Crippen molar-refractivity contribution >= 4 is 22.8 Å². The van der Waals surface area contributed by atoms with Crippen molar-refractivity contribution in [3.63, 3.8) is 0 Å². The Morgan fingerprint density at radius 2 is 2.11 bits per heavy atom. The van der Waals surface area contributed by atoms with E-state index in [1.54, 1.807) is 12.1 Å². The molecule has 0 saturated carbocycles. The van der Waals surface area contributed by atoms with Crippen LogP contribution < -0.4 is 0 Å². The van der Waals surface area contributed by atoms with Crippen LogP contribution in [0.2, 0.25) is 0 Å². The first kappa shape index (κ1) is 13.0. The average molecular weight is 265 g/mol. The molecule has 5 heteroatoms. The highest BCUT2D eigenvalue weighted by Crippen LogP contribution is 2.39. The number of para-hydroxylation sites is 1. The largest absolute Gasteiger partial charge is 0.508 e. The van der Waals surface area contributed by atoms with Crippen LogP contribution in [0.4, 0.5) is 0 Å². The number of carboxylic acid groups (broad SMARTS) is 1. The van der Waals surface area contributed by atoms with Crippen molar-refractivity contribution in [3.8, 4) is 5.75 Å². The number of aliphatic carboxylic acids is 1. The molecule has 0 fully saturated rings. The molecule has 0 amide bonds. The third kappa shape index (κ3) is 2.51. The van der Waals surface area contributed by atoms with Gasteiger partial charge in [0.1, 0.15) is 5.75 Å². The first-order valence-electron chi connectivity index (χ1n) is 5.65. The summed E-state index contributed by atoms with van der Waals surface area (Å²) in [5.41, 5.74) is 0.769. The number of aliphatic imine (C=N–C) groups is 1. The highest BCUT2D eigenvalue weighted by Gasteiger charge is 2.42. The Morgan fingerprint density at radius 1 is 1.44 bits per heavy atom. The Kier molecular flexibility index (Phi) is 3.34.